The average molecular weight is 534 g/mol. The fourth-order valence-corrected chi connectivity index (χ4v) is 5.81. The zero-order valence-electron chi connectivity index (χ0n) is 19.6. The van der Waals surface area contributed by atoms with Crippen LogP contribution in [-0.2, 0) is 20.4 Å². The second kappa shape index (κ2) is 11.3. The first-order valence-corrected chi connectivity index (χ1v) is 12.5. The number of allylic oxidation sites excluding steroid dienone is 1. The maximum absolute atomic E-state index is 13.7. The van der Waals surface area contributed by atoms with E-state index in [1.165, 1.54) is 0 Å². The first-order chi connectivity index (χ1) is 17.7. The highest BCUT2D eigenvalue weighted by Crippen LogP contribution is 2.36. The van der Waals surface area contributed by atoms with Gasteiger partial charge in [0.1, 0.15) is 0 Å². The van der Waals surface area contributed by atoms with E-state index in [0.29, 0.717) is 6.42 Å². The van der Waals surface area contributed by atoms with E-state index in [-0.39, 0.29) is 17.5 Å². The average Bonchev–Trinajstić information content (AvgIpc) is 2.91. The summed E-state index contributed by atoms with van der Waals surface area (Å²) in [6, 6.07) is 20.2. The van der Waals surface area contributed by atoms with E-state index in [1.54, 1.807) is 0 Å². The number of halogens is 5. The van der Waals surface area contributed by atoms with Crippen molar-refractivity contribution in [3.8, 4) is 5.75 Å². The maximum atomic E-state index is 13.7. The van der Waals surface area contributed by atoms with Crippen LogP contribution >= 0.6 is 0 Å². The van der Waals surface area contributed by atoms with Crippen LogP contribution in [0.1, 0.15) is 19.8 Å². The molecule has 3 nitrogen and oxygen atoms in total. The normalized spacial score (nSPS) is 17.1. The standard InChI is InChI=1S/C28H22F5O3S/c1-28(35-17-14-21(34)36-27-25(32)23(30)22(29)24(31)26(27)33)15-12-20(13-16-28)37(18-8-4-2-5-9-18)19-10-6-3-7-11-19/h2-13,15H,14,16-17H2,1H3/q+1. The molecule has 3 aromatic carbocycles. The molecule has 3 aromatic rings. The number of benzene rings is 3. The van der Waals surface area contributed by atoms with Crippen molar-refractivity contribution in [2.45, 2.75) is 35.2 Å². The molecule has 0 N–H and O–H groups in total. The molecule has 0 saturated heterocycles. The van der Waals surface area contributed by atoms with Gasteiger partial charge in [-0.3, -0.25) is 4.79 Å². The second-order valence-corrected chi connectivity index (χ2v) is 10.4. The summed E-state index contributed by atoms with van der Waals surface area (Å²) in [6.45, 7) is 1.62. The highest BCUT2D eigenvalue weighted by molar-refractivity contribution is 8.00. The van der Waals surface area contributed by atoms with Gasteiger partial charge in [-0.15, -0.1) is 0 Å². The molecular formula is C28H22F5O3S+. The van der Waals surface area contributed by atoms with Crippen LogP contribution in [0.4, 0.5) is 22.0 Å². The first-order valence-electron chi connectivity index (χ1n) is 11.3. The largest absolute Gasteiger partial charge is 0.420 e. The Morgan fingerprint density at radius 1 is 0.838 bits per heavy atom. The second-order valence-electron chi connectivity index (χ2n) is 8.36. The van der Waals surface area contributed by atoms with E-state index in [4.69, 9.17) is 4.74 Å². The molecule has 37 heavy (non-hydrogen) atoms. The quantitative estimate of drug-likeness (QED) is 0.0779. The van der Waals surface area contributed by atoms with Crippen LogP contribution in [0.3, 0.4) is 0 Å². The third-order valence-corrected chi connectivity index (χ3v) is 7.89. The molecule has 1 aliphatic rings. The Labute approximate surface area is 213 Å². The van der Waals surface area contributed by atoms with Gasteiger partial charge in [-0.2, -0.15) is 8.78 Å². The van der Waals surface area contributed by atoms with Gasteiger partial charge in [0.25, 0.3) is 0 Å². The van der Waals surface area contributed by atoms with Crippen LogP contribution in [-0.4, -0.2) is 18.2 Å². The molecule has 1 atom stereocenters. The molecule has 9 heteroatoms. The zero-order chi connectivity index (χ0) is 26.6. The Bertz CT molecular complexity index is 1280. The van der Waals surface area contributed by atoms with Gasteiger partial charge in [-0.1, -0.05) is 36.4 Å². The van der Waals surface area contributed by atoms with Crippen molar-refractivity contribution >= 4 is 16.9 Å². The van der Waals surface area contributed by atoms with Crippen LogP contribution < -0.4 is 4.74 Å². The highest BCUT2D eigenvalue weighted by Gasteiger charge is 2.34. The lowest BCUT2D eigenvalue weighted by Gasteiger charge is -2.27. The molecule has 0 bridgehead atoms. The van der Waals surface area contributed by atoms with Crippen LogP contribution in [0, 0.1) is 29.1 Å². The Hall–Kier alpha value is -3.43. The van der Waals surface area contributed by atoms with Crippen molar-refractivity contribution in [2.75, 3.05) is 6.61 Å². The molecule has 192 valence electrons. The summed E-state index contributed by atoms with van der Waals surface area (Å²) < 4.78 is 77.5. The first kappa shape index (κ1) is 26.6. The molecular weight excluding hydrogens is 511 g/mol. The van der Waals surface area contributed by atoms with Gasteiger partial charge in [0.2, 0.25) is 34.8 Å². The summed E-state index contributed by atoms with van der Waals surface area (Å²) in [4.78, 5) is 15.4. The van der Waals surface area contributed by atoms with Crippen molar-refractivity contribution in [3.63, 3.8) is 0 Å². The molecule has 1 aliphatic carbocycles. The van der Waals surface area contributed by atoms with Crippen molar-refractivity contribution in [2.24, 2.45) is 0 Å². The van der Waals surface area contributed by atoms with Gasteiger partial charge in [0.05, 0.1) is 29.5 Å². The lowest BCUT2D eigenvalue weighted by molar-refractivity contribution is -0.137. The number of hydrogen-bond acceptors (Lipinski definition) is 3. The van der Waals surface area contributed by atoms with E-state index in [2.05, 4.69) is 35.1 Å². The lowest BCUT2D eigenvalue weighted by Crippen LogP contribution is -2.29. The predicted molar refractivity (Wildman–Crippen MR) is 129 cm³/mol. The van der Waals surface area contributed by atoms with Gasteiger partial charge < -0.3 is 9.47 Å². The lowest BCUT2D eigenvalue weighted by atomic mass is 9.97. The van der Waals surface area contributed by atoms with Crippen LogP contribution in [0.15, 0.2) is 93.6 Å². The van der Waals surface area contributed by atoms with Gasteiger partial charge in [-0.05, 0) is 49.4 Å². The number of rotatable bonds is 8. The number of carbonyl (C=O) groups is 1. The maximum Gasteiger partial charge on any atom is 0.313 e. The number of ether oxygens (including phenoxy) is 2. The monoisotopic (exact) mass is 533 g/mol. The summed E-state index contributed by atoms with van der Waals surface area (Å²) in [5.74, 6) is -14.0. The summed E-state index contributed by atoms with van der Waals surface area (Å²) in [5.41, 5.74) is -0.767. The predicted octanol–water partition coefficient (Wildman–Crippen LogP) is 7.03. The van der Waals surface area contributed by atoms with Gasteiger partial charge in [0, 0.05) is 6.42 Å². The van der Waals surface area contributed by atoms with Crippen molar-refractivity contribution in [1.82, 2.24) is 0 Å². The Balaban J connectivity index is 1.39. The summed E-state index contributed by atoms with van der Waals surface area (Å²) in [7, 11) is -0.331. The molecule has 4 rings (SSSR count). The van der Waals surface area contributed by atoms with Crippen LogP contribution in [0.25, 0.3) is 0 Å². The third kappa shape index (κ3) is 5.94. The Kier molecular flexibility index (Phi) is 8.14. The van der Waals surface area contributed by atoms with E-state index in [9.17, 15) is 26.7 Å². The van der Waals surface area contributed by atoms with E-state index in [0.717, 1.165) is 14.7 Å². The smallest absolute Gasteiger partial charge is 0.313 e. The fourth-order valence-electron chi connectivity index (χ4n) is 3.68. The van der Waals surface area contributed by atoms with Crippen molar-refractivity contribution < 1.29 is 36.2 Å². The third-order valence-electron chi connectivity index (χ3n) is 5.63. The zero-order valence-corrected chi connectivity index (χ0v) is 20.5. The van der Waals surface area contributed by atoms with Crippen LogP contribution in [0.2, 0.25) is 0 Å². The van der Waals surface area contributed by atoms with E-state index < -0.39 is 52.8 Å². The topological polar surface area (TPSA) is 35.5 Å². The highest BCUT2D eigenvalue weighted by atomic mass is 32.2. The van der Waals surface area contributed by atoms with E-state index in [1.807, 2.05) is 55.5 Å². The summed E-state index contributed by atoms with van der Waals surface area (Å²) >= 11 is 0. The van der Waals surface area contributed by atoms with E-state index >= 15 is 0 Å². The summed E-state index contributed by atoms with van der Waals surface area (Å²) in [6.07, 6.45) is 5.95. The number of hydrogen-bond donors (Lipinski definition) is 0. The molecule has 0 heterocycles. The molecule has 0 amide bonds. The minimum absolute atomic E-state index is 0.193. The van der Waals surface area contributed by atoms with Crippen molar-refractivity contribution in [3.05, 3.63) is 113 Å². The van der Waals surface area contributed by atoms with Crippen LogP contribution in [0.5, 0.6) is 5.75 Å². The molecule has 0 aromatic heterocycles. The SMILES string of the molecule is CC1(OCCC(=O)Oc2c(F)c(F)c(F)c(F)c2F)C=CC([S+](c2ccccc2)c2ccccc2)=CC1. The summed E-state index contributed by atoms with van der Waals surface area (Å²) in [5, 5.41) is 0. The fraction of sp³-hybridized carbons (Fsp3) is 0.179. The van der Waals surface area contributed by atoms with Gasteiger partial charge in [-0.25, -0.2) is 13.2 Å². The molecule has 0 spiro atoms. The molecule has 1 unspecified atom stereocenters. The minimum atomic E-state index is -2.33. The van der Waals surface area contributed by atoms with Gasteiger partial charge in [0.15, 0.2) is 14.7 Å². The molecule has 0 radical (unpaired) electrons. The Morgan fingerprint density at radius 2 is 1.35 bits per heavy atom. The number of esters is 1. The minimum Gasteiger partial charge on any atom is -0.420 e. The molecule has 0 aliphatic heterocycles. The van der Waals surface area contributed by atoms with Gasteiger partial charge >= 0.3 is 5.97 Å². The Morgan fingerprint density at radius 3 is 1.84 bits per heavy atom. The van der Waals surface area contributed by atoms with Crippen molar-refractivity contribution in [1.29, 1.82) is 0 Å². The molecule has 0 saturated carbocycles. The molecule has 0 fully saturated rings. The number of carbonyl (C=O) groups excluding carboxylic acids is 1.